The Hall–Kier alpha value is -2.41. The first-order chi connectivity index (χ1) is 13.0. The number of anilines is 1. The van der Waals surface area contributed by atoms with Crippen LogP contribution in [0.5, 0.6) is 0 Å². The Morgan fingerprint density at radius 3 is 2.37 bits per heavy atom. The lowest BCUT2D eigenvalue weighted by Gasteiger charge is -2.19. The van der Waals surface area contributed by atoms with E-state index in [1.165, 1.54) is 0 Å². The van der Waals surface area contributed by atoms with Crippen molar-refractivity contribution in [1.82, 2.24) is 4.90 Å². The summed E-state index contributed by atoms with van der Waals surface area (Å²) < 4.78 is 4.93. The topological polar surface area (TPSA) is 92.8 Å². The van der Waals surface area contributed by atoms with Gasteiger partial charge in [0, 0.05) is 0 Å². The molecule has 1 aromatic rings. The smallest absolute Gasteiger partial charge is 0.326 e. The molecule has 0 radical (unpaired) electrons. The lowest BCUT2D eigenvalue weighted by molar-refractivity contribution is -0.154. The standard InChI is InChI=1S/C19H19ClN2O5/c20-12-3-1-2-4-13(12)21-14(23)9-27-15(24)8-22-18(25)16-10-5-6-11(7-10)17(16)19(22)26/h1-4,10-11,16-17H,5-9H2,(H,21,23)/t10-,11-,16-,17+/m0/s1. The van der Waals surface area contributed by atoms with E-state index in [0.29, 0.717) is 10.7 Å². The predicted octanol–water partition coefficient (Wildman–Crippen LogP) is 1.85. The number of hydrogen-bond acceptors (Lipinski definition) is 5. The van der Waals surface area contributed by atoms with Crippen LogP contribution in [-0.4, -0.2) is 41.7 Å². The van der Waals surface area contributed by atoms with Crippen LogP contribution in [0.4, 0.5) is 5.69 Å². The van der Waals surface area contributed by atoms with Crippen LogP contribution in [0.25, 0.3) is 0 Å². The fourth-order valence-corrected chi connectivity index (χ4v) is 4.88. The van der Waals surface area contributed by atoms with E-state index in [1.54, 1.807) is 24.3 Å². The number of benzene rings is 1. The summed E-state index contributed by atoms with van der Waals surface area (Å²) in [5, 5.41) is 2.90. The van der Waals surface area contributed by atoms with Crippen LogP contribution in [0.15, 0.2) is 24.3 Å². The van der Waals surface area contributed by atoms with Gasteiger partial charge in [-0.1, -0.05) is 23.7 Å². The van der Waals surface area contributed by atoms with Crippen molar-refractivity contribution < 1.29 is 23.9 Å². The molecule has 8 heteroatoms. The molecule has 0 spiro atoms. The Kier molecular flexibility index (Phi) is 4.63. The SMILES string of the molecule is O=C(COC(=O)CN1C(=O)[C@@H]2[C@H]3CC[C@@H](C3)[C@@H]2C1=O)Nc1ccccc1Cl. The number of esters is 1. The molecule has 3 amide bonds. The molecule has 2 bridgehead atoms. The van der Waals surface area contributed by atoms with Gasteiger partial charge in [-0.15, -0.1) is 0 Å². The Balaban J connectivity index is 1.30. The molecule has 1 heterocycles. The lowest BCUT2D eigenvalue weighted by Crippen LogP contribution is -2.38. The van der Waals surface area contributed by atoms with E-state index in [1.807, 2.05) is 0 Å². The second kappa shape index (κ2) is 6.96. The molecule has 1 N–H and O–H groups in total. The first-order valence-electron chi connectivity index (χ1n) is 9.01. The molecule has 27 heavy (non-hydrogen) atoms. The largest absolute Gasteiger partial charge is 0.454 e. The summed E-state index contributed by atoms with van der Waals surface area (Å²) in [6.07, 6.45) is 2.89. The summed E-state index contributed by atoms with van der Waals surface area (Å²) in [6.45, 7) is -0.956. The molecule has 1 aromatic carbocycles. The van der Waals surface area contributed by atoms with Gasteiger partial charge in [-0.3, -0.25) is 24.1 Å². The van der Waals surface area contributed by atoms with Crippen LogP contribution >= 0.6 is 11.6 Å². The predicted molar refractivity (Wildman–Crippen MR) is 95.6 cm³/mol. The molecular weight excluding hydrogens is 372 g/mol. The summed E-state index contributed by atoms with van der Waals surface area (Å²) in [7, 11) is 0. The van der Waals surface area contributed by atoms with Gasteiger partial charge in [0.1, 0.15) is 6.54 Å². The minimum absolute atomic E-state index is 0.263. The summed E-state index contributed by atoms with van der Waals surface area (Å²) >= 11 is 5.95. The van der Waals surface area contributed by atoms with E-state index in [9.17, 15) is 19.2 Å². The maximum Gasteiger partial charge on any atom is 0.326 e. The van der Waals surface area contributed by atoms with Gasteiger partial charge in [0.05, 0.1) is 22.5 Å². The van der Waals surface area contributed by atoms with Crippen LogP contribution in [0.1, 0.15) is 19.3 Å². The minimum atomic E-state index is -0.779. The molecule has 3 fully saturated rings. The van der Waals surface area contributed by atoms with E-state index in [0.717, 1.165) is 24.2 Å². The number of rotatable bonds is 5. The van der Waals surface area contributed by atoms with Gasteiger partial charge in [0.25, 0.3) is 5.91 Å². The molecule has 1 saturated heterocycles. The van der Waals surface area contributed by atoms with Crippen molar-refractivity contribution in [3.63, 3.8) is 0 Å². The minimum Gasteiger partial charge on any atom is -0.454 e. The van der Waals surface area contributed by atoms with E-state index < -0.39 is 25.0 Å². The van der Waals surface area contributed by atoms with Crippen molar-refractivity contribution >= 4 is 41.0 Å². The summed E-state index contributed by atoms with van der Waals surface area (Å²) in [5.74, 6) is -1.88. The van der Waals surface area contributed by atoms with Crippen LogP contribution in [0.3, 0.4) is 0 Å². The van der Waals surface area contributed by atoms with Gasteiger partial charge in [0.15, 0.2) is 6.61 Å². The third-order valence-corrected chi connectivity index (χ3v) is 6.15. The zero-order chi connectivity index (χ0) is 19.1. The quantitative estimate of drug-likeness (QED) is 0.611. The van der Waals surface area contributed by atoms with Crippen LogP contribution in [0.2, 0.25) is 5.02 Å². The summed E-state index contributed by atoms with van der Waals surface area (Å²) in [5.41, 5.74) is 0.411. The number of carbonyl (C=O) groups excluding carboxylic acids is 4. The maximum atomic E-state index is 12.5. The van der Waals surface area contributed by atoms with Gasteiger partial charge in [-0.05, 0) is 43.2 Å². The molecule has 2 saturated carbocycles. The molecule has 7 nitrogen and oxygen atoms in total. The molecule has 4 atom stereocenters. The van der Waals surface area contributed by atoms with Crippen LogP contribution in [-0.2, 0) is 23.9 Å². The zero-order valence-corrected chi connectivity index (χ0v) is 15.3. The van der Waals surface area contributed by atoms with Crippen molar-refractivity contribution in [2.24, 2.45) is 23.7 Å². The van der Waals surface area contributed by atoms with Gasteiger partial charge in [0.2, 0.25) is 11.8 Å². The molecule has 4 rings (SSSR count). The number of para-hydroxylation sites is 1. The Labute approximate surface area is 161 Å². The number of halogens is 1. The molecular formula is C19H19ClN2O5. The zero-order valence-electron chi connectivity index (χ0n) is 14.5. The molecule has 0 aromatic heterocycles. The van der Waals surface area contributed by atoms with Crippen molar-refractivity contribution in [3.8, 4) is 0 Å². The fraction of sp³-hybridized carbons (Fsp3) is 0.474. The van der Waals surface area contributed by atoms with Crippen molar-refractivity contribution in [1.29, 1.82) is 0 Å². The van der Waals surface area contributed by atoms with Gasteiger partial charge >= 0.3 is 5.97 Å². The highest BCUT2D eigenvalue weighted by atomic mass is 35.5. The third kappa shape index (κ3) is 3.20. The molecule has 3 aliphatic rings. The molecule has 142 valence electrons. The monoisotopic (exact) mass is 390 g/mol. The second-order valence-corrected chi connectivity index (χ2v) is 7.74. The van der Waals surface area contributed by atoms with E-state index in [2.05, 4.69) is 5.32 Å². The maximum absolute atomic E-state index is 12.5. The van der Waals surface area contributed by atoms with Crippen LogP contribution < -0.4 is 5.32 Å². The Bertz CT molecular complexity index is 798. The number of nitrogens with one attached hydrogen (secondary N) is 1. The fourth-order valence-electron chi connectivity index (χ4n) is 4.70. The number of fused-ring (bicyclic) bond motifs is 5. The van der Waals surface area contributed by atoms with Crippen molar-refractivity contribution in [2.75, 3.05) is 18.5 Å². The average Bonchev–Trinajstić information content (AvgIpc) is 3.32. The number of imide groups is 1. The summed E-state index contributed by atoms with van der Waals surface area (Å²) in [6, 6.07) is 6.68. The average molecular weight is 391 g/mol. The Morgan fingerprint density at radius 1 is 1.11 bits per heavy atom. The number of likely N-dealkylation sites (tertiary alicyclic amines) is 1. The van der Waals surface area contributed by atoms with E-state index in [4.69, 9.17) is 16.3 Å². The van der Waals surface area contributed by atoms with Gasteiger partial charge in [-0.2, -0.15) is 0 Å². The Morgan fingerprint density at radius 2 is 1.74 bits per heavy atom. The number of ether oxygens (including phenoxy) is 1. The normalized spacial score (nSPS) is 28.4. The van der Waals surface area contributed by atoms with Crippen LogP contribution in [0, 0.1) is 23.7 Å². The lowest BCUT2D eigenvalue weighted by atomic mass is 9.81. The van der Waals surface area contributed by atoms with Crippen molar-refractivity contribution in [3.05, 3.63) is 29.3 Å². The highest BCUT2D eigenvalue weighted by molar-refractivity contribution is 6.33. The number of hydrogen-bond donors (Lipinski definition) is 1. The first kappa shape index (κ1) is 18.0. The van der Waals surface area contributed by atoms with Gasteiger partial charge in [-0.25, -0.2) is 0 Å². The highest BCUT2D eigenvalue weighted by Crippen LogP contribution is 2.56. The molecule has 1 aliphatic heterocycles. The van der Waals surface area contributed by atoms with Gasteiger partial charge < -0.3 is 10.1 Å². The number of amides is 3. The number of carbonyl (C=O) groups is 4. The third-order valence-electron chi connectivity index (χ3n) is 5.82. The highest BCUT2D eigenvalue weighted by Gasteiger charge is 2.61. The van der Waals surface area contributed by atoms with E-state index in [-0.39, 0.29) is 35.5 Å². The summed E-state index contributed by atoms with van der Waals surface area (Å²) in [4.78, 5) is 50.0. The number of nitrogens with zero attached hydrogens (tertiary/aromatic N) is 1. The molecule has 2 aliphatic carbocycles. The first-order valence-corrected chi connectivity index (χ1v) is 9.38. The molecule has 0 unspecified atom stereocenters. The van der Waals surface area contributed by atoms with Crippen molar-refractivity contribution in [2.45, 2.75) is 19.3 Å². The van der Waals surface area contributed by atoms with E-state index >= 15 is 0 Å². The second-order valence-electron chi connectivity index (χ2n) is 7.34.